The van der Waals surface area contributed by atoms with Gasteiger partial charge in [-0.05, 0) is 76.7 Å². The van der Waals surface area contributed by atoms with Crippen molar-refractivity contribution in [1.29, 1.82) is 0 Å². The fraction of sp³-hybridized carbons (Fsp3) is 0.133. The smallest absolute Gasteiger partial charge is 0.323 e. The lowest BCUT2D eigenvalue weighted by Crippen LogP contribution is -2.48. The van der Waals surface area contributed by atoms with Gasteiger partial charge in [0.1, 0.15) is 41.8 Å². The minimum atomic E-state index is -4.17. The van der Waals surface area contributed by atoms with Gasteiger partial charge in [0, 0.05) is 29.0 Å². The molecule has 1 atom stereocenters. The van der Waals surface area contributed by atoms with Crippen molar-refractivity contribution < 1.29 is 31.8 Å². The van der Waals surface area contributed by atoms with Gasteiger partial charge in [-0.15, -0.1) is 5.10 Å². The quantitative estimate of drug-likeness (QED) is 0.203. The van der Waals surface area contributed by atoms with E-state index in [1.54, 1.807) is 36.4 Å². The Morgan fingerprint density at radius 2 is 1.52 bits per heavy atom. The first-order valence-corrected chi connectivity index (χ1v) is 12.4. The van der Waals surface area contributed by atoms with Gasteiger partial charge in [0.25, 0.3) is 0 Å². The Bertz CT molecular complexity index is 1720. The maximum absolute atomic E-state index is 15.9. The number of pyridine rings is 1. The Morgan fingerprint density at radius 3 is 2.17 bits per heavy atom. The molecule has 212 valence electrons. The molecule has 1 unspecified atom stereocenters. The summed E-state index contributed by atoms with van der Waals surface area (Å²) in [6.45, 7) is -0.699. The number of hydrogen-bond acceptors (Lipinski definition) is 6. The van der Waals surface area contributed by atoms with E-state index in [4.69, 9.17) is 4.74 Å². The van der Waals surface area contributed by atoms with Crippen LogP contribution in [0.25, 0.3) is 0 Å². The Morgan fingerprint density at radius 1 is 0.833 bits per heavy atom. The number of tetrazole rings is 1. The molecule has 0 bridgehead atoms. The molecule has 0 aliphatic rings. The van der Waals surface area contributed by atoms with Gasteiger partial charge in [-0.3, -0.25) is 4.98 Å². The van der Waals surface area contributed by atoms with Crippen molar-refractivity contribution >= 4 is 0 Å². The van der Waals surface area contributed by atoms with E-state index in [2.05, 4.69) is 32.4 Å². The average Bonchev–Trinajstić information content (AvgIpc) is 3.49. The first-order valence-electron chi connectivity index (χ1n) is 12.4. The summed E-state index contributed by atoms with van der Waals surface area (Å²) in [5.41, 5.74) is -3.26. The molecule has 1 N–H and O–H groups in total. The lowest BCUT2D eigenvalue weighted by molar-refractivity contribution is -0.207. The summed E-state index contributed by atoms with van der Waals surface area (Å²) in [6.07, 6.45) is 2.06. The number of aromatic nitrogens is 5. The molecule has 0 fully saturated rings. The molecule has 12 heteroatoms. The molecule has 42 heavy (non-hydrogen) atoms. The van der Waals surface area contributed by atoms with Gasteiger partial charge in [-0.25, -0.2) is 17.9 Å². The van der Waals surface area contributed by atoms with E-state index in [0.29, 0.717) is 22.9 Å². The van der Waals surface area contributed by atoms with Crippen LogP contribution in [0.3, 0.4) is 0 Å². The molecule has 3 aromatic carbocycles. The SMILES string of the molecule is OC(Cn1cnnn1)(c1ccc(F)cc1F)C(F)(F)c1ccc(C#Cc2ccc(OCc3ccc(F)cc3)cc2)cn1. The second-order valence-electron chi connectivity index (χ2n) is 9.19. The predicted molar refractivity (Wildman–Crippen MR) is 139 cm³/mol. The van der Waals surface area contributed by atoms with Crippen LogP contribution in [0.15, 0.2) is 91.4 Å². The van der Waals surface area contributed by atoms with Crippen LogP contribution in [-0.2, 0) is 24.7 Å². The van der Waals surface area contributed by atoms with Gasteiger partial charge in [0.05, 0.1) is 6.54 Å². The minimum Gasteiger partial charge on any atom is -0.489 e. The van der Waals surface area contributed by atoms with Crippen LogP contribution in [0.2, 0.25) is 0 Å². The summed E-state index contributed by atoms with van der Waals surface area (Å²) >= 11 is 0. The van der Waals surface area contributed by atoms with Gasteiger partial charge in [-0.1, -0.05) is 24.0 Å². The molecule has 5 aromatic rings. The first kappa shape index (κ1) is 28.4. The highest BCUT2D eigenvalue weighted by Gasteiger charge is 2.58. The lowest BCUT2D eigenvalue weighted by atomic mass is 9.84. The van der Waals surface area contributed by atoms with Gasteiger partial charge in [-0.2, -0.15) is 8.78 Å². The van der Waals surface area contributed by atoms with Crippen molar-refractivity contribution in [2.24, 2.45) is 0 Å². The van der Waals surface area contributed by atoms with Crippen molar-refractivity contribution in [3.8, 4) is 17.6 Å². The molecule has 0 amide bonds. The lowest BCUT2D eigenvalue weighted by Gasteiger charge is -2.35. The summed E-state index contributed by atoms with van der Waals surface area (Å²) in [5, 5.41) is 21.4. The van der Waals surface area contributed by atoms with Crippen molar-refractivity contribution in [2.75, 3.05) is 0 Å². The van der Waals surface area contributed by atoms with Crippen molar-refractivity contribution in [1.82, 2.24) is 25.2 Å². The molecule has 0 spiro atoms. The number of alkyl halides is 2. The van der Waals surface area contributed by atoms with E-state index < -0.39 is 41.0 Å². The summed E-state index contributed by atoms with van der Waals surface area (Å²) in [7, 11) is 0. The molecule has 7 nitrogen and oxygen atoms in total. The Kier molecular flexibility index (Phi) is 7.95. The van der Waals surface area contributed by atoms with Crippen molar-refractivity contribution in [2.45, 2.75) is 24.7 Å². The topological polar surface area (TPSA) is 86.0 Å². The number of halogens is 5. The number of nitrogens with zero attached hydrogens (tertiary/aromatic N) is 5. The molecule has 0 aliphatic carbocycles. The van der Waals surface area contributed by atoms with Crippen LogP contribution < -0.4 is 4.74 Å². The van der Waals surface area contributed by atoms with Crippen molar-refractivity contribution in [3.63, 3.8) is 0 Å². The van der Waals surface area contributed by atoms with Gasteiger partial charge in [0.2, 0.25) is 0 Å². The van der Waals surface area contributed by atoms with Gasteiger partial charge in [0.15, 0.2) is 5.60 Å². The molecule has 2 heterocycles. The van der Waals surface area contributed by atoms with E-state index in [1.165, 1.54) is 18.2 Å². The third kappa shape index (κ3) is 6.11. The maximum atomic E-state index is 15.9. The average molecular weight is 578 g/mol. The fourth-order valence-corrected chi connectivity index (χ4v) is 4.06. The third-order valence-corrected chi connectivity index (χ3v) is 6.29. The molecule has 0 radical (unpaired) electrons. The number of hydrogen-bond donors (Lipinski definition) is 1. The molecular formula is C30H20F5N5O2. The Balaban J connectivity index is 1.33. The van der Waals surface area contributed by atoms with Crippen LogP contribution in [0.5, 0.6) is 5.75 Å². The zero-order valence-corrected chi connectivity index (χ0v) is 21.6. The molecule has 0 saturated heterocycles. The van der Waals surface area contributed by atoms with Crippen molar-refractivity contribution in [3.05, 3.63) is 137 Å². The number of rotatable bonds is 8. The first-order chi connectivity index (χ1) is 20.1. The van der Waals surface area contributed by atoms with E-state index in [0.717, 1.165) is 41.0 Å². The summed E-state index contributed by atoms with van der Waals surface area (Å²) in [6, 6.07) is 16.9. The molecule has 2 aromatic heterocycles. The number of aliphatic hydroxyl groups is 1. The molecule has 0 aliphatic heterocycles. The normalized spacial score (nSPS) is 12.7. The molecule has 5 rings (SSSR count). The summed E-state index contributed by atoms with van der Waals surface area (Å²) < 4.78 is 79.4. The van der Waals surface area contributed by atoms with E-state index in [-0.39, 0.29) is 12.4 Å². The minimum absolute atomic E-state index is 0.257. The third-order valence-electron chi connectivity index (χ3n) is 6.29. The van der Waals surface area contributed by atoms with Gasteiger partial charge >= 0.3 is 5.92 Å². The second-order valence-corrected chi connectivity index (χ2v) is 9.19. The van der Waals surface area contributed by atoms with Crippen LogP contribution in [-0.4, -0.2) is 30.3 Å². The van der Waals surface area contributed by atoms with Crippen LogP contribution in [0.1, 0.15) is 27.9 Å². The number of ether oxygens (including phenoxy) is 1. The molecular weight excluding hydrogens is 557 g/mol. The molecule has 0 saturated carbocycles. The predicted octanol–water partition coefficient (Wildman–Crippen LogP) is 5.14. The largest absolute Gasteiger partial charge is 0.489 e. The maximum Gasteiger partial charge on any atom is 0.323 e. The van der Waals surface area contributed by atoms with E-state index in [1.807, 2.05) is 0 Å². The van der Waals surface area contributed by atoms with Crippen LogP contribution >= 0.6 is 0 Å². The van der Waals surface area contributed by atoms with Crippen LogP contribution in [0, 0.1) is 29.3 Å². The van der Waals surface area contributed by atoms with E-state index >= 15 is 8.78 Å². The highest BCUT2D eigenvalue weighted by molar-refractivity contribution is 5.44. The standard InChI is InChI=1S/C30H20F5N5O2/c31-23-8-3-22(4-9-23)17-42-25-11-5-20(6-12-25)1-2-21-7-14-28(36-16-21)30(34,35)29(41,18-40-19-37-38-39-40)26-13-10-24(32)15-27(26)33/h3-16,19,41H,17-18H2. The summed E-state index contributed by atoms with van der Waals surface area (Å²) in [4.78, 5) is 3.79. The zero-order valence-electron chi connectivity index (χ0n) is 21.6. The second kappa shape index (κ2) is 11.8. The number of benzene rings is 3. The van der Waals surface area contributed by atoms with E-state index in [9.17, 15) is 18.3 Å². The Hall–Kier alpha value is -5.15. The summed E-state index contributed by atoms with van der Waals surface area (Å²) in [5.74, 6) is -0.601. The monoisotopic (exact) mass is 577 g/mol. The fourth-order valence-electron chi connectivity index (χ4n) is 4.06. The van der Waals surface area contributed by atoms with Crippen LogP contribution in [0.4, 0.5) is 22.0 Å². The van der Waals surface area contributed by atoms with Gasteiger partial charge < -0.3 is 9.84 Å². The highest BCUT2D eigenvalue weighted by atomic mass is 19.3. The Labute approximate surface area is 236 Å². The zero-order chi connectivity index (χ0) is 29.7. The highest BCUT2D eigenvalue weighted by Crippen LogP contribution is 2.46.